The maximum atomic E-state index is 12.4. The van der Waals surface area contributed by atoms with Gasteiger partial charge in [0.2, 0.25) is 0 Å². The molecule has 1 aromatic heterocycles. The van der Waals surface area contributed by atoms with Gasteiger partial charge >= 0.3 is 5.69 Å². The Morgan fingerprint density at radius 2 is 1.86 bits per heavy atom. The Bertz CT molecular complexity index is 792. The summed E-state index contributed by atoms with van der Waals surface area (Å²) in [6.07, 6.45) is 0.105. The minimum absolute atomic E-state index is 0.189. The normalized spacial score (nSPS) is 12.1. The zero-order valence-corrected chi connectivity index (χ0v) is 12.0. The first-order chi connectivity index (χ1) is 10.5. The number of rotatable bonds is 4. The lowest BCUT2D eigenvalue weighted by atomic mass is 10.2. The van der Waals surface area contributed by atoms with Crippen LogP contribution in [0, 0.1) is 6.92 Å². The van der Waals surface area contributed by atoms with Crippen molar-refractivity contribution in [1.82, 2.24) is 9.13 Å². The van der Waals surface area contributed by atoms with Crippen molar-refractivity contribution in [3.8, 4) is 0 Å². The van der Waals surface area contributed by atoms with Gasteiger partial charge in [0.25, 0.3) is 11.5 Å². The molecule has 2 aromatic rings. The molecule has 1 heterocycles. The van der Waals surface area contributed by atoms with Crippen LogP contribution >= 0.6 is 0 Å². The van der Waals surface area contributed by atoms with Crippen molar-refractivity contribution >= 4 is 5.91 Å². The number of aliphatic hydroxyl groups is 2. The Balaban J connectivity index is 2.58. The van der Waals surface area contributed by atoms with Gasteiger partial charge in [-0.15, -0.1) is 0 Å². The summed E-state index contributed by atoms with van der Waals surface area (Å²) in [6, 6.07) is 7.98. The molecule has 0 radical (unpaired) electrons. The fourth-order valence-electron chi connectivity index (χ4n) is 2.04. The van der Waals surface area contributed by atoms with Crippen molar-refractivity contribution in [2.75, 3.05) is 6.61 Å². The quantitative estimate of drug-likeness (QED) is 0.782. The first-order valence-electron chi connectivity index (χ1n) is 6.67. The van der Waals surface area contributed by atoms with Crippen molar-refractivity contribution in [1.29, 1.82) is 0 Å². The summed E-state index contributed by atoms with van der Waals surface area (Å²) in [7, 11) is 0. The van der Waals surface area contributed by atoms with Gasteiger partial charge in [-0.1, -0.05) is 18.2 Å². The third-order valence-electron chi connectivity index (χ3n) is 3.17. The molecule has 7 heteroatoms. The zero-order chi connectivity index (χ0) is 16.3. The molecular formula is C15H16N2O5. The molecule has 1 aromatic carbocycles. The Hall–Kier alpha value is -2.51. The Labute approximate surface area is 125 Å². The van der Waals surface area contributed by atoms with E-state index in [-0.39, 0.29) is 17.7 Å². The topological polar surface area (TPSA) is 102 Å². The van der Waals surface area contributed by atoms with Gasteiger partial charge < -0.3 is 10.2 Å². The monoisotopic (exact) mass is 304 g/mol. The van der Waals surface area contributed by atoms with Gasteiger partial charge in [-0.05, 0) is 19.1 Å². The number of aliphatic hydroxyl groups excluding tert-OH is 2. The average molecular weight is 304 g/mol. The van der Waals surface area contributed by atoms with Crippen LogP contribution in [0.4, 0.5) is 0 Å². The molecule has 0 aliphatic rings. The summed E-state index contributed by atoms with van der Waals surface area (Å²) in [5.74, 6) is -0.730. The van der Waals surface area contributed by atoms with Gasteiger partial charge in [0.1, 0.15) is 0 Å². The van der Waals surface area contributed by atoms with E-state index in [9.17, 15) is 19.5 Å². The van der Waals surface area contributed by atoms with Crippen molar-refractivity contribution in [2.45, 2.75) is 19.6 Å². The second-order valence-electron chi connectivity index (χ2n) is 4.90. The molecule has 116 valence electrons. The van der Waals surface area contributed by atoms with Gasteiger partial charge in [0, 0.05) is 17.3 Å². The van der Waals surface area contributed by atoms with E-state index < -0.39 is 29.9 Å². The van der Waals surface area contributed by atoms with Crippen molar-refractivity contribution in [3.63, 3.8) is 0 Å². The summed E-state index contributed by atoms with van der Waals surface area (Å²) in [5.41, 5.74) is -1.15. The molecule has 2 N–H and O–H groups in total. The lowest BCUT2D eigenvalue weighted by Gasteiger charge is -2.13. The van der Waals surface area contributed by atoms with Crippen LogP contribution < -0.4 is 11.2 Å². The fraction of sp³-hybridized carbons (Fsp3) is 0.267. The maximum Gasteiger partial charge on any atom is 0.338 e. The van der Waals surface area contributed by atoms with Crippen LogP contribution in [-0.4, -0.2) is 38.0 Å². The van der Waals surface area contributed by atoms with Crippen LogP contribution in [0.2, 0.25) is 0 Å². The minimum atomic E-state index is -1.16. The third kappa shape index (κ3) is 3.05. The summed E-state index contributed by atoms with van der Waals surface area (Å²) >= 11 is 0. The molecule has 0 saturated carbocycles. The van der Waals surface area contributed by atoms with Gasteiger partial charge in [-0.25, -0.2) is 4.79 Å². The van der Waals surface area contributed by atoms with Crippen LogP contribution in [-0.2, 0) is 6.54 Å². The van der Waals surface area contributed by atoms with Crippen molar-refractivity contribution in [2.24, 2.45) is 0 Å². The highest BCUT2D eigenvalue weighted by Crippen LogP contribution is 2.00. The highest BCUT2D eigenvalue weighted by atomic mass is 16.3. The molecule has 1 atom stereocenters. The molecule has 0 saturated heterocycles. The summed E-state index contributed by atoms with van der Waals surface area (Å²) in [5, 5.41) is 18.3. The van der Waals surface area contributed by atoms with Crippen LogP contribution in [0.25, 0.3) is 0 Å². The fourth-order valence-corrected chi connectivity index (χ4v) is 2.04. The Morgan fingerprint density at radius 1 is 1.23 bits per heavy atom. The minimum Gasteiger partial charge on any atom is -0.394 e. The molecule has 0 bridgehead atoms. The summed E-state index contributed by atoms with van der Waals surface area (Å²) in [6.45, 7) is 0.730. The van der Waals surface area contributed by atoms with Gasteiger partial charge in [0.15, 0.2) is 0 Å². The van der Waals surface area contributed by atoms with Gasteiger partial charge in [-0.3, -0.25) is 14.2 Å². The largest absolute Gasteiger partial charge is 0.394 e. The highest BCUT2D eigenvalue weighted by molar-refractivity contribution is 5.95. The Kier molecular flexibility index (Phi) is 4.69. The van der Waals surface area contributed by atoms with Crippen molar-refractivity contribution in [3.05, 3.63) is 68.5 Å². The Morgan fingerprint density at radius 3 is 2.45 bits per heavy atom. The SMILES string of the molecule is Cc1cn(CC(O)CO)c(=O)n(C(=O)c2ccccc2)c1=O. The first kappa shape index (κ1) is 15.9. The molecule has 1 unspecified atom stereocenters. The van der Waals surface area contributed by atoms with E-state index in [2.05, 4.69) is 0 Å². The average Bonchev–Trinajstić information content (AvgIpc) is 2.53. The lowest BCUT2D eigenvalue weighted by Crippen LogP contribution is -2.45. The predicted molar refractivity (Wildman–Crippen MR) is 79.0 cm³/mol. The number of aryl methyl sites for hydroxylation is 1. The van der Waals surface area contributed by atoms with Crippen LogP contribution in [0.5, 0.6) is 0 Å². The van der Waals surface area contributed by atoms with E-state index in [1.54, 1.807) is 18.2 Å². The van der Waals surface area contributed by atoms with E-state index in [1.807, 2.05) is 0 Å². The molecule has 0 aliphatic heterocycles. The van der Waals surface area contributed by atoms with Crippen LogP contribution in [0.15, 0.2) is 46.1 Å². The number of benzene rings is 1. The van der Waals surface area contributed by atoms with E-state index in [0.717, 1.165) is 4.57 Å². The molecule has 0 aliphatic carbocycles. The third-order valence-corrected chi connectivity index (χ3v) is 3.17. The summed E-state index contributed by atoms with van der Waals surface area (Å²) in [4.78, 5) is 36.8. The smallest absolute Gasteiger partial charge is 0.338 e. The molecule has 2 rings (SSSR count). The second kappa shape index (κ2) is 6.50. The molecule has 22 heavy (non-hydrogen) atoms. The molecule has 7 nitrogen and oxygen atoms in total. The number of hydrogen-bond acceptors (Lipinski definition) is 5. The number of aromatic nitrogens is 2. The first-order valence-corrected chi connectivity index (χ1v) is 6.67. The lowest BCUT2D eigenvalue weighted by molar-refractivity contribution is 0.0787. The number of carbonyl (C=O) groups is 1. The molecule has 0 fully saturated rings. The number of hydrogen-bond donors (Lipinski definition) is 2. The van der Waals surface area contributed by atoms with E-state index >= 15 is 0 Å². The number of nitrogens with zero attached hydrogens (tertiary/aromatic N) is 2. The maximum absolute atomic E-state index is 12.4. The standard InChI is InChI=1S/C15H16N2O5/c1-10-7-16(8-12(19)9-18)15(22)17(13(10)20)14(21)11-5-3-2-4-6-11/h2-7,12,18-19H,8-9H2,1H3. The second-order valence-corrected chi connectivity index (χ2v) is 4.90. The number of carbonyl (C=O) groups excluding carboxylic acids is 1. The van der Waals surface area contributed by atoms with E-state index in [0.29, 0.717) is 4.57 Å². The summed E-state index contributed by atoms with van der Waals surface area (Å²) < 4.78 is 1.58. The zero-order valence-electron chi connectivity index (χ0n) is 12.0. The molecule has 0 spiro atoms. The molecule has 0 amide bonds. The van der Waals surface area contributed by atoms with Gasteiger partial charge in [-0.2, -0.15) is 4.57 Å². The van der Waals surface area contributed by atoms with Crippen LogP contribution in [0.1, 0.15) is 15.9 Å². The van der Waals surface area contributed by atoms with E-state index in [1.165, 1.54) is 25.3 Å². The van der Waals surface area contributed by atoms with Crippen LogP contribution in [0.3, 0.4) is 0 Å². The molecular weight excluding hydrogens is 288 g/mol. The predicted octanol–water partition coefficient (Wildman–Crippen LogP) is -0.640. The van der Waals surface area contributed by atoms with Crippen molar-refractivity contribution < 1.29 is 15.0 Å². The van der Waals surface area contributed by atoms with E-state index in [4.69, 9.17) is 5.11 Å². The highest BCUT2D eigenvalue weighted by Gasteiger charge is 2.18. The van der Waals surface area contributed by atoms with Gasteiger partial charge in [0.05, 0.1) is 19.3 Å².